The largest absolute Gasteiger partial charge is 0.481 e. The van der Waals surface area contributed by atoms with E-state index in [4.69, 9.17) is 21.1 Å². The lowest BCUT2D eigenvalue weighted by molar-refractivity contribution is 0.0605. The highest BCUT2D eigenvalue weighted by atomic mass is 35.5. The summed E-state index contributed by atoms with van der Waals surface area (Å²) in [5, 5.41) is 4.34. The molecule has 11 nitrogen and oxygen atoms in total. The SMILES string of the molecule is CCOC(=O)N1CCCC(Oc2c(N3CCN(S(=O)(=O)C(C)C)CC3)cnn(-c3cccc(Cl)c3)c2=O)C1. The topological polar surface area (TPSA) is 114 Å². The number of sulfonamides is 1. The summed E-state index contributed by atoms with van der Waals surface area (Å²) in [5.74, 6) is 0.107. The van der Waals surface area contributed by atoms with Gasteiger partial charge >= 0.3 is 11.7 Å². The first-order chi connectivity index (χ1) is 18.1. The van der Waals surface area contributed by atoms with E-state index in [-0.39, 0.29) is 32.0 Å². The van der Waals surface area contributed by atoms with E-state index in [1.165, 1.54) is 8.99 Å². The lowest BCUT2D eigenvalue weighted by Gasteiger charge is -2.37. The number of rotatable bonds is 7. The van der Waals surface area contributed by atoms with Crippen molar-refractivity contribution in [2.45, 2.75) is 45.0 Å². The van der Waals surface area contributed by atoms with Crippen molar-refractivity contribution >= 4 is 33.4 Å². The lowest BCUT2D eigenvalue weighted by atomic mass is 10.1. The van der Waals surface area contributed by atoms with Gasteiger partial charge in [-0.25, -0.2) is 13.2 Å². The number of piperidine rings is 1. The molecule has 0 aliphatic carbocycles. The molecule has 2 aliphatic rings. The molecule has 0 spiro atoms. The van der Waals surface area contributed by atoms with Crippen molar-refractivity contribution in [3.8, 4) is 11.4 Å². The zero-order valence-electron chi connectivity index (χ0n) is 21.9. The molecule has 1 aromatic heterocycles. The Morgan fingerprint density at radius 1 is 1.18 bits per heavy atom. The van der Waals surface area contributed by atoms with Crippen molar-refractivity contribution in [3.63, 3.8) is 0 Å². The Morgan fingerprint density at radius 2 is 1.92 bits per heavy atom. The number of carbonyl (C=O) groups excluding carboxylic acids is 1. The maximum Gasteiger partial charge on any atom is 0.409 e. The molecule has 2 aliphatic heterocycles. The second-order valence-corrected chi connectivity index (χ2v) is 12.5. The minimum absolute atomic E-state index is 0.107. The number of carbonyl (C=O) groups is 1. The summed E-state index contributed by atoms with van der Waals surface area (Å²) in [6.45, 7) is 7.54. The van der Waals surface area contributed by atoms with E-state index in [9.17, 15) is 18.0 Å². The van der Waals surface area contributed by atoms with Crippen molar-refractivity contribution in [1.82, 2.24) is 19.0 Å². The quantitative estimate of drug-likeness (QED) is 0.502. The third kappa shape index (κ3) is 6.08. The van der Waals surface area contributed by atoms with E-state index in [1.807, 2.05) is 4.90 Å². The number of nitrogens with zero attached hydrogens (tertiary/aromatic N) is 5. The fraction of sp³-hybridized carbons (Fsp3) is 0.560. The molecule has 1 unspecified atom stereocenters. The van der Waals surface area contributed by atoms with Gasteiger partial charge in [-0.3, -0.25) is 4.79 Å². The number of benzene rings is 1. The van der Waals surface area contributed by atoms with Gasteiger partial charge in [-0.1, -0.05) is 17.7 Å². The smallest absolute Gasteiger partial charge is 0.409 e. The van der Waals surface area contributed by atoms with Gasteiger partial charge in [-0.05, 0) is 51.8 Å². The summed E-state index contributed by atoms with van der Waals surface area (Å²) in [4.78, 5) is 29.6. The van der Waals surface area contributed by atoms with Gasteiger partial charge in [0.05, 0.1) is 30.3 Å². The molecular formula is C25H34ClN5O6S. The molecule has 1 aromatic carbocycles. The van der Waals surface area contributed by atoms with Crippen LogP contribution in [0, 0.1) is 0 Å². The first-order valence-corrected chi connectivity index (χ1v) is 14.7. The Balaban J connectivity index is 1.65. The molecule has 0 N–H and O–H groups in total. The van der Waals surface area contributed by atoms with Crippen LogP contribution in [0.1, 0.15) is 33.6 Å². The first kappa shape index (κ1) is 28.2. The summed E-state index contributed by atoms with van der Waals surface area (Å²) in [7, 11) is -3.38. The Labute approximate surface area is 227 Å². The van der Waals surface area contributed by atoms with Crippen LogP contribution in [-0.2, 0) is 14.8 Å². The molecule has 38 heavy (non-hydrogen) atoms. The van der Waals surface area contributed by atoms with Crippen LogP contribution in [0.25, 0.3) is 5.69 Å². The van der Waals surface area contributed by atoms with Crippen LogP contribution in [0.2, 0.25) is 5.02 Å². The number of hydrogen-bond acceptors (Lipinski definition) is 8. The average molecular weight is 568 g/mol. The molecule has 0 saturated carbocycles. The van der Waals surface area contributed by atoms with E-state index >= 15 is 0 Å². The second kappa shape index (κ2) is 11.9. The molecule has 2 saturated heterocycles. The molecule has 208 valence electrons. The van der Waals surface area contributed by atoms with Gasteiger partial charge in [0.1, 0.15) is 11.8 Å². The molecule has 1 amide bonds. The highest BCUT2D eigenvalue weighted by Gasteiger charge is 2.33. The highest BCUT2D eigenvalue weighted by Crippen LogP contribution is 2.29. The maximum absolute atomic E-state index is 13.7. The molecule has 0 bridgehead atoms. The number of likely N-dealkylation sites (tertiary alicyclic amines) is 1. The Bertz CT molecular complexity index is 1310. The van der Waals surface area contributed by atoms with Gasteiger partial charge in [0.25, 0.3) is 0 Å². The molecule has 3 heterocycles. The minimum atomic E-state index is -3.38. The Hall–Kier alpha value is -2.83. The van der Waals surface area contributed by atoms with Gasteiger partial charge in [0.2, 0.25) is 15.8 Å². The predicted octanol–water partition coefficient (Wildman–Crippen LogP) is 2.75. The van der Waals surface area contributed by atoms with Crippen LogP contribution in [0.4, 0.5) is 10.5 Å². The molecule has 13 heteroatoms. The minimum Gasteiger partial charge on any atom is -0.481 e. The summed E-state index contributed by atoms with van der Waals surface area (Å²) in [5.41, 5.74) is 0.516. The molecule has 1 atom stereocenters. The van der Waals surface area contributed by atoms with Crippen LogP contribution < -0.4 is 15.2 Å². The monoisotopic (exact) mass is 567 g/mol. The number of amides is 1. The molecule has 2 fully saturated rings. The van der Waals surface area contributed by atoms with Crippen molar-refractivity contribution in [1.29, 1.82) is 0 Å². The third-order valence-electron chi connectivity index (χ3n) is 6.69. The van der Waals surface area contributed by atoms with Crippen LogP contribution >= 0.6 is 11.6 Å². The van der Waals surface area contributed by atoms with Gasteiger partial charge < -0.3 is 19.3 Å². The van der Waals surface area contributed by atoms with Gasteiger partial charge in [-0.15, -0.1) is 0 Å². The normalized spacial score (nSPS) is 19.0. The van der Waals surface area contributed by atoms with E-state index in [0.29, 0.717) is 48.9 Å². The number of hydrogen-bond donors (Lipinski definition) is 0. The summed E-state index contributed by atoms with van der Waals surface area (Å²) in [6.07, 6.45) is 2.11. The Morgan fingerprint density at radius 3 is 2.58 bits per heavy atom. The van der Waals surface area contributed by atoms with Gasteiger partial charge in [0.15, 0.2) is 0 Å². The zero-order valence-corrected chi connectivity index (χ0v) is 23.4. The van der Waals surface area contributed by atoms with E-state index in [0.717, 1.165) is 0 Å². The van der Waals surface area contributed by atoms with Crippen LogP contribution in [-0.4, -0.2) is 90.7 Å². The fourth-order valence-corrected chi connectivity index (χ4v) is 6.07. The molecule has 4 rings (SSSR count). The molecule has 0 radical (unpaired) electrons. The third-order valence-corrected chi connectivity index (χ3v) is 9.20. The maximum atomic E-state index is 13.7. The first-order valence-electron chi connectivity index (χ1n) is 12.8. The number of aromatic nitrogens is 2. The van der Waals surface area contributed by atoms with Crippen molar-refractivity contribution in [2.75, 3.05) is 50.8 Å². The van der Waals surface area contributed by atoms with Crippen LogP contribution in [0.5, 0.6) is 5.75 Å². The van der Waals surface area contributed by atoms with E-state index in [2.05, 4.69) is 5.10 Å². The summed E-state index contributed by atoms with van der Waals surface area (Å²) >= 11 is 6.15. The average Bonchev–Trinajstić information content (AvgIpc) is 2.90. The fourth-order valence-electron chi connectivity index (χ4n) is 4.62. The van der Waals surface area contributed by atoms with Crippen LogP contribution in [0.3, 0.4) is 0 Å². The number of halogens is 1. The molecule has 2 aromatic rings. The number of anilines is 1. The van der Waals surface area contributed by atoms with E-state index in [1.54, 1.807) is 56.1 Å². The summed E-state index contributed by atoms with van der Waals surface area (Å²) < 4.78 is 39.5. The summed E-state index contributed by atoms with van der Waals surface area (Å²) in [6, 6.07) is 6.80. The standard InChI is InChI=1S/C25H34ClN5O6S/c1-4-36-25(33)29-10-6-9-21(17-29)37-23-22(28-11-13-30(14-12-28)38(34,35)18(2)3)16-27-31(24(23)32)20-8-5-7-19(26)15-20/h5,7-8,15-16,18,21H,4,6,9-14,17H2,1-3H3. The number of piperazine rings is 1. The van der Waals surface area contributed by atoms with Crippen molar-refractivity contribution in [3.05, 3.63) is 45.8 Å². The second-order valence-electron chi connectivity index (χ2n) is 9.56. The predicted molar refractivity (Wildman–Crippen MR) is 145 cm³/mol. The lowest BCUT2D eigenvalue weighted by Crippen LogP contribution is -2.51. The Kier molecular flexibility index (Phi) is 8.84. The van der Waals surface area contributed by atoms with Crippen molar-refractivity contribution < 1.29 is 22.7 Å². The van der Waals surface area contributed by atoms with Crippen LogP contribution in [0.15, 0.2) is 35.3 Å². The van der Waals surface area contributed by atoms with Gasteiger partial charge in [-0.2, -0.15) is 14.1 Å². The van der Waals surface area contributed by atoms with Crippen molar-refractivity contribution in [2.24, 2.45) is 0 Å². The zero-order chi connectivity index (χ0) is 27.4. The van der Waals surface area contributed by atoms with Gasteiger partial charge in [0, 0.05) is 37.7 Å². The molecular weight excluding hydrogens is 534 g/mol. The van der Waals surface area contributed by atoms with E-state index < -0.39 is 33.0 Å². The number of ether oxygens (including phenoxy) is 2. The highest BCUT2D eigenvalue weighted by molar-refractivity contribution is 7.89.